The topological polar surface area (TPSA) is 49.8 Å². The molecular weight excluding hydrogens is 255 g/mol. The summed E-state index contributed by atoms with van der Waals surface area (Å²) in [5.74, 6) is 1.06. The lowest BCUT2D eigenvalue weighted by atomic mass is 10.2. The quantitative estimate of drug-likeness (QED) is 0.793. The van der Waals surface area contributed by atoms with E-state index in [1.807, 2.05) is 13.0 Å². The number of halogens is 1. The molecule has 4 nitrogen and oxygen atoms in total. The van der Waals surface area contributed by atoms with E-state index in [1.165, 1.54) is 12.1 Å². The first-order valence-corrected chi connectivity index (χ1v) is 6.36. The zero-order valence-corrected chi connectivity index (χ0v) is 11.4. The molecule has 5 heteroatoms. The molecule has 0 spiro atoms. The number of aryl methyl sites for hydroxylation is 1. The van der Waals surface area contributed by atoms with E-state index in [2.05, 4.69) is 27.2 Å². The lowest BCUT2D eigenvalue weighted by molar-refractivity contribution is 0.627. The third-order valence-electron chi connectivity index (χ3n) is 2.65. The second-order valence-corrected chi connectivity index (χ2v) is 4.37. The molecular formula is C15H17FN4. The van der Waals surface area contributed by atoms with Crippen LogP contribution in [0.5, 0.6) is 0 Å². The van der Waals surface area contributed by atoms with Crippen molar-refractivity contribution < 1.29 is 4.39 Å². The maximum atomic E-state index is 12.8. The van der Waals surface area contributed by atoms with E-state index in [0.717, 1.165) is 17.1 Å². The Labute approximate surface area is 117 Å². The normalized spacial score (nSPS) is 10.1. The fourth-order valence-corrected chi connectivity index (χ4v) is 1.70. The summed E-state index contributed by atoms with van der Waals surface area (Å²) >= 11 is 0. The van der Waals surface area contributed by atoms with Gasteiger partial charge in [-0.15, -0.1) is 6.58 Å². The summed E-state index contributed by atoms with van der Waals surface area (Å²) in [5, 5.41) is 6.25. The van der Waals surface area contributed by atoms with Crippen molar-refractivity contribution in [2.45, 2.75) is 13.5 Å². The molecule has 0 aliphatic rings. The maximum absolute atomic E-state index is 12.8. The SMILES string of the molecule is C=CCNc1nc(C)cc(NCc2ccc(F)cc2)n1. The van der Waals surface area contributed by atoms with Gasteiger partial charge in [-0.05, 0) is 24.6 Å². The lowest BCUT2D eigenvalue weighted by Crippen LogP contribution is -2.07. The van der Waals surface area contributed by atoms with Gasteiger partial charge in [0.2, 0.25) is 5.95 Å². The van der Waals surface area contributed by atoms with Crippen molar-refractivity contribution in [1.29, 1.82) is 0 Å². The molecule has 2 rings (SSSR count). The molecule has 0 fully saturated rings. The van der Waals surface area contributed by atoms with Crippen molar-refractivity contribution in [2.24, 2.45) is 0 Å². The molecule has 2 N–H and O–H groups in total. The largest absolute Gasteiger partial charge is 0.366 e. The second kappa shape index (κ2) is 6.65. The Hall–Kier alpha value is -2.43. The number of hydrogen-bond acceptors (Lipinski definition) is 4. The highest BCUT2D eigenvalue weighted by molar-refractivity contribution is 5.43. The van der Waals surface area contributed by atoms with Crippen LogP contribution in [0, 0.1) is 12.7 Å². The zero-order valence-electron chi connectivity index (χ0n) is 11.4. The predicted octanol–water partition coefficient (Wildman–Crippen LogP) is 3.13. The van der Waals surface area contributed by atoms with Crippen molar-refractivity contribution in [3.63, 3.8) is 0 Å². The molecule has 104 valence electrons. The first kappa shape index (κ1) is 14.0. The van der Waals surface area contributed by atoms with Gasteiger partial charge >= 0.3 is 0 Å². The zero-order chi connectivity index (χ0) is 14.4. The molecule has 0 atom stereocenters. The van der Waals surface area contributed by atoms with Crippen LogP contribution in [0.4, 0.5) is 16.2 Å². The molecule has 20 heavy (non-hydrogen) atoms. The maximum Gasteiger partial charge on any atom is 0.225 e. The first-order chi connectivity index (χ1) is 9.67. The molecule has 0 aliphatic carbocycles. The fourth-order valence-electron chi connectivity index (χ4n) is 1.70. The minimum Gasteiger partial charge on any atom is -0.366 e. The van der Waals surface area contributed by atoms with Crippen molar-refractivity contribution in [1.82, 2.24) is 9.97 Å². The Kier molecular flexibility index (Phi) is 4.65. The molecule has 1 aromatic heterocycles. The van der Waals surface area contributed by atoms with Crippen LogP contribution in [0.2, 0.25) is 0 Å². The molecule has 1 heterocycles. The Bertz CT molecular complexity index is 581. The summed E-state index contributed by atoms with van der Waals surface area (Å²) in [6, 6.07) is 8.24. The number of nitrogens with one attached hydrogen (secondary N) is 2. The van der Waals surface area contributed by atoms with Crippen LogP contribution in [0.3, 0.4) is 0 Å². The van der Waals surface area contributed by atoms with Crippen LogP contribution in [0.15, 0.2) is 43.0 Å². The highest BCUT2D eigenvalue weighted by Crippen LogP contribution is 2.11. The highest BCUT2D eigenvalue weighted by Gasteiger charge is 2.01. The number of rotatable bonds is 6. The van der Waals surface area contributed by atoms with Crippen molar-refractivity contribution in [2.75, 3.05) is 17.2 Å². The van der Waals surface area contributed by atoms with Gasteiger partial charge in [0.15, 0.2) is 0 Å². The standard InChI is InChI=1S/C15H17FN4/c1-3-8-17-15-19-11(2)9-14(20-15)18-10-12-4-6-13(16)7-5-12/h3-7,9H,1,8,10H2,2H3,(H2,17,18,19,20). The van der Waals surface area contributed by atoms with Crippen LogP contribution < -0.4 is 10.6 Å². The predicted molar refractivity (Wildman–Crippen MR) is 79.2 cm³/mol. The molecule has 0 aliphatic heterocycles. The minimum atomic E-state index is -0.234. The van der Waals surface area contributed by atoms with Gasteiger partial charge in [0.1, 0.15) is 11.6 Å². The average molecular weight is 272 g/mol. The number of nitrogens with zero attached hydrogens (tertiary/aromatic N) is 2. The van der Waals surface area contributed by atoms with Crippen LogP contribution in [0.25, 0.3) is 0 Å². The number of hydrogen-bond donors (Lipinski definition) is 2. The van der Waals surface area contributed by atoms with Crippen LogP contribution >= 0.6 is 0 Å². The molecule has 0 bridgehead atoms. The van der Waals surface area contributed by atoms with Gasteiger partial charge in [0, 0.05) is 24.8 Å². The van der Waals surface area contributed by atoms with Gasteiger partial charge in [-0.2, -0.15) is 4.98 Å². The van der Waals surface area contributed by atoms with E-state index in [1.54, 1.807) is 18.2 Å². The van der Waals surface area contributed by atoms with Gasteiger partial charge in [0.25, 0.3) is 0 Å². The van der Waals surface area contributed by atoms with Crippen molar-refractivity contribution >= 4 is 11.8 Å². The summed E-state index contributed by atoms with van der Waals surface area (Å²) in [6.45, 7) is 6.74. The molecule has 0 unspecified atom stereocenters. The average Bonchev–Trinajstić information content (AvgIpc) is 2.44. The van der Waals surface area contributed by atoms with Crippen molar-refractivity contribution in [3.8, 4) is 0 Å². The van der Waals surface area contributed by atoms with E-state index in [0.29, 0.717) is 19.0 Å². The summed E-state index contributed by atoms with van der Waals surface area (Å²) in [5.41, 5.74) is 1.86. The Balaban J connectivity index is 2.03. The van der Waals surface area contributed by atoms with Gasteiger partial charge in [-0.3, -0.25) is 0 Å². The fraction of sp³-hybridized carbons (Fsp3) is 0.200. The second-order valence-electron chi connectivity index (χ2n) is 4.37. The molecule has 0 amide bonds. The van der Waals surface area contributed by atoms with Crippen LogP contribution in [0.1, 0.15) is 11.3 Å². The molecule has 0 radical (unpaired) electrons. The highest BCUT2D eigenvalue weighted by atomic mass is 19.1. The third-order valence-corrected chi connectivity index (χ3v) is 2.65. The number of aromatic nitrogens is 2. The summed E-state index contributed by atoms with van der Waals surface area (Å²) < 4.78 is 12.8. The minimum absolute atomic E-state index is 0.234. The lowest BCUT2D eigenvalue weighted by Gasteiger charge is -2.09. The van der Waals surface area contributed by atoms with E-state index in [-0.39, 0.29) is 5.82 Å². The van der Waals surface area contributed by atoms with Gasteiger partial charge < -0.3 is 10.6 Å². The molecule has 0 saturated carbocycles. The monoisotopic (exact) mass is 272 g/mol. The number of benzene rings is 1. The first-order valence-electron chi connectivity index (χ1n) is 6.36. The van der Waals surface area contributed by atoms with Crippen molar-refractivity contribution in [3.05, 3.63) is 60.1 Å². The Morgan fingerprint density at radius 1 is 1.20 bits per heavy atom. The summed E-state index contributed by atoms with van der Waals surface area (Å²) in [6.07, 6.45) is 1.75. The van der Waals surface area contributed by atoms with Gasteiger partial charge in [-0.25, -0.2) is 9.37 Å². The summed E-state index contributed by atoms with van der Waals surface area (Å²) in [4.78, 5) is 8.63. The van der Waals surface area contributed by atoms with Crippen LogP contribution in [-0.4, -0.2) is 16.5 Å². The van der Waals surface area contributed by atoms with Crippen LogP contribution in [-0.2, 0) is 6.54 Å². The van der Waals surface area contributed by atoms with E-state index in [9.17, 15) is 4.39 Å². The van der Waals surface area contributed by atoms with E-state index in [4.69, 9.17) is 0 Å². The molecule has 2 aromatic rings. The summed E-state index contributed by atoms with van der Waals surface area (Å²) in [7, 11) is 0. The van der Waals surface area contributed by atoms with Gasteiger partial charge in [-0.1, -0.05) is 18.2 Å². The smallest absolute Gasteiger partial charge is 0.225 e. The Morgan fingerprint density at radius 2 is 1.95 bits per heavy atom. The molecule has 0 saturated heterocycles. The van der Waals surface area contributed by atoms with Gasteiger partial charge in [0.05, 0.1) is 0 Å². The van der Waals surface area contributed by atoms with E-state index < -0.39 is 0 Å². The van der Waals surface area contributed by atoms with E-state index >= 15 is 0 Å². The molecule has 1 aromatic carbocycles. The number of anilines is 2. The Morgan fingerprint density at radius 3 is 2.65 bits per heavy atom. The third kappa shape index (κ3) is 4.05.